The maximum absolute atomic E-state index is 12.6. The lowest BCUT2D eigenvalue weighted by Crippen LogP contribution is -2.55. The van der Waals surface area contributed by atoms with Crippen LogP contribution in [0.4, 0.5) is 0 Å². The lowest BCUT2D eigenvalue weighted by Gasteiger charge is -2.34. The van der Waals surface area contributed by atoms with Crippen molar-refractivity contribution < 1.29 is 9.53 Å². The van der Waals surface area contributed by atoms with Gasteiger partial charge in [0.1, 0.15) is 0 Å². The number of rotatable bonds is 8. The van der Waals surface area contributed by atoms with E-state index in [1.54, 1.807) is 4.90 Å². The minimum Gasteiger partial charge on any atom is -0.379 e. The van der Waals surface area contributed by atoms with Gasteiger partial charge in [-0.3, -0.25) is 9.69 Å². The molecule has 0 spiro atoms. The van der Waals surface area contributed by atoms with Crippen LogP contribution in [0.1, 0.15) is 27.2 Å². The number of nitrogens with one attached hydrogen (secondary N) is 1. The molecule has 0 saturated carbocycles. The molecule has 1 N–H and O–H groups in total. The van der Waals surface area contributed by atoms with Crippen LogP contribution >= 0.6 is 0 Å². The lowest BCUT2D eigenvalue weighted by atomic mass is 10.0. The molecule has 0 aromatic carbocycles. The van der Waals surface area contributed by atoms with Crippen LogP contribution in [0, 0.1) is 11.3 Å². The van der Waals surface area contributed by atoms with Gasteiger partial charge in [0.2, 0.25) is 5.91 Å². The lowest BCUT2D eigenvalue weighted by molar-refractivity contribution is -0.137. The molecule has 6 heteroatoms. The van der Waals surface area contributed by atoms with Crippen LogP contribution in [0.2, 0.25) is 0 Å². The summed E-state index contributed by atoms with van der Waals surface area (Å²) in [7, 11) is 0. The number of amides is 1. The first-order chi connectivity index (χ1) is 10.0. The number of morpholine rings is 1. The van der Waals surface area contributed by atoms with E-state index in [0.29, 0.717) is 19.5 Å². The van der Waals surface area contributed by atoms with Gasteiger partial charge in [0, 0.05) is 32.7 Å². The van der Waals surface area contributed by atoms with Crippen molar-refractivity contribution in [3.63, 3.8) is 0 Å². The number of carbonyl (C=O) groups excluding carboxylic acids is 1. The summed E-state index contributed by atoms with van der Waals surface area (Å²) in [5, 5.41) is 12.0. The average Bonchev–Trinajstić information content (AvgIpc) is 2.48. The summed E-state index contributed by atoms with van der Waals surface area (Å²) in [4.78, 5) is 16.8. The van der Waals surface area contributed by atoms with Gasteiger partial charge in [-0.15, -0.1) is 0 Å². The highest BCUT2D eigenvalue weighted by Gasteiger charge is 2.31. The Balaban J connectivity index is 2.57. The fraction of sp³-hybridized carbons (Fsp3) is 0.867. The first kappa shape index (κ1) is 17.9. The van der Waals surface area contributed by atoms with Crippen molar-refractivity contribution in [3.05, 3.63) is 0 Å². The Hall–Kier alpha value is -1.16. The molecule has 0 atom stereocenters. The zero-order chi connectivity index (χ0) is 15.7. The molecular formula is C15H28N4O2. The molecule has 0 aromatic heterocycles. The van der Waals surface area contributed by atoms with Crippen molar-refractivity contribution in [3.8, 4) is 6.07 Å². The molecule has 1 saturated heterocycles. The summed E-state index contributed by atoms with van der Waals surface area (Å²) >= 11 is 0. The van der Waals surface area contributed by atoms with Crippen molar-refractivity contribution in [1.82, 2.24) is 15.1 Å². The van der Waals surface area contributed by atoms with E-state index in [0.717, 1.165) is 39.4 Å². The largest absolute Gasteiger partial charge is 0.379 e. The van der Waals surface area contributed by atoms with Crippen LogP contribution in [0.25, 0.3) is 0 Å². The number of ether oxygens (including phenoxy) is 1. The molecule has 0 aliphatic carbocycles. The molecule has 1 amide bonds. The maximum Gasteiger partial charge on any atom is 0.242 e. The quantitative estimate of drug-likeness (QED) is 0.704. The van der Waals surface area contributed by atoms with E-state index in [2.05, 4.69) is 16.3 Å². The molecule has 6 nitrogen and oxygen atoms in total. The normalized spacial score (nSPS) is 16.5. The Labute approximate surface area is 128 Å². The van der Waals surface area contributed by atoms with Crippen LogP contribution < -0.4 is 5.32 Å². The minimum atomic E-state index is -0.588. The zero-order valence-electron chi connectivity index (χ0n) is 13.5. The molecule has 0 bridgehead atoms. The molecule has 1 heterocycles. The van der Waals surface area contributed by atoms with Crippen molar-refractivity contribution in [2.75, 3.05) is 52.5 Å². The standard InChI is InChI=1S/C15H28N4O2/c1-4-17-15(2,3)14(20)19(7-5-6-16)9-8-18-10-12-21-13-11-18/h17H,4-5,7-13H2,1-3H3. The third-order valence-corrected chi connectivity index (χ3v) is 3.72. The molecule has 1 aliphatic heterocycles. The second kappa shape index (κ2) is 8.98. The predicted molar refractivity (Wildman–Crippen MR) is 81.8 cm³/mol. The molecule has 0 radical (unpaired) electrons. The van der Waals surface area contributed by atoms with E-state index in [9.17, 15) is 4.79 Å². The summed E-state index contributed by atoms with van der Waals surface area (Å²) in [6.45, 7) is 11.9. The average molecular weight is 296 g/mol. The van der Waals surface area contributed by atoms with Crippen LogP contribution in [0.15, 0.2) is 0 Å². The van der Waals surface area contributed by atoms with Crippen LogP contribution in [-0.2, 0) is 9.53 Å². The fourth-order valence-corrected chi connectivity index (χ4v) is 2.50. The van der Waals surface area contributed by atoms with E-state index in [1.807, 2.05) is 20.8 Å². The third-order valence-electron chi connectivity index (χ3n) is 3.72. The maximum atomic E-state index is 12.6. The van der Waals surface area contributed by atoms with Gasteiger partial charge in [-0.05, 0) is 20.4 Å². The van der Waals surface area contributed by atoms with Gasteiger partial charge in [-0.2, -0.15) is 5.26 Å². The van der Waals surface area contributed by atoms with Crippen molar-refractivity contribution in [2.24, 2.45) is 0 Å². The summed E-state index contributed by atoms with van der Waals surface area (Å²) < 4.78 is 5.33. The Morgan fingerprint density at radius 2 is 2.05 bits per heavy atom. The Morgan fingerprint density at radius 3 is 2.62 bits per heavy atom. The van der Waals surface area contributed by atoms with Crippen molar-refractivity contribution in [2.45, 2.75) is 32.7 Å². The van der Waals surface area contributed by atoms with E-state index in [1.165, 1.54) is 0 Å². The number of hydrogen-bond acceptors (Lipinski definition) is 5. The van der Waals surface area contributed by atoms with E-state index >= 15 is 0 Å². The van der Waals surface area contributed by atoms with Crippen molar-refractivity contribution >= 4 is 5.91 Å². The topological polar surface area (TPSA) is 68.6 Å². The van der Waals surface area contributed by atoms with Gasteiger partial charge in [0.05, 0.1) is 31.2 Å². The highest BCUT2D eigenvalue weighted by Crippen LogP contribution is 2.09. The molecule has 21 heavy (non-hydrogen) atoms. The number of likely N-dealkylation sites (N-methyl/N-ethyl adjacent to an activating group) is 1. The highest BCUT2D eigenvalue weighted by atomic mass is 16.5. The van der Waals surface area contributed by atoms with Gasteiger partial charge >= 0.3 is 0 Å². The van der Waals surface area contributed by atoms with E-state index in [4.69, 9.17) is 10.00 Å². The van der Waals surface area contributed by atoms with Gasteiger partial charge < -0.3 is 15.0 Å². The number of nitrogens with zero attached hydrogens (tertiary/aromatic N) is 3. The molecular weight excluding hydrogens is 268 g/mol. The third kappa shape index (κ3) is 6.00. The zero-order valence-corrected chi connectivity index (χ0v) is 13.5. The summed E-state index contributed by atoms with van der Waals surface area (Å²) in [5.41, 5.74) is -0.588. The molecule has 1 fully saturated rings. The smallest absolute Gasteiger partial charge is 0.242 e. The van der Waals surface area contributed by atoms with Crippen LogP contribution in [-0.4, -0.2) is 73.7 Å². The van der Waals surface area contributed by atoms with Gasteiger partial charge in [-0.1, -0.05) is 6.92 Å². The Kier molecular flexibility index (Phi) is 7.65. The number of hydrogen-bond donors (Lipinski definition) is 1. The van der Waals surface area contributed by atoms with Gasteiger partial charge in [0.15, 0.2) is 0 Å². The summed E-state index contributed by atoms with van der Waals surface area (Å²) in [5.74, 6) is 0.0628. The number of nitriles is 1. The molecule has 0 unspecified atom stereocenters. The second-order valence-corrected chi connectivity index (χ2v) is 5.81. The van der Waals surface area contributed by atoms with Crippen molar-refractivity contribution in [1.29, 1.82) is 5.26 Å². The van der Waals surface area contributed by atoms with E-state index in [-0.39, 0.29) is 5.91 Å². The fourth-order valence-electron chi connectivity index (χ4n) is 2.50. The molecule has 1 aliphatic rings. The number of carbonyl (C=O) groups is 1. The first-order valence-electron chi connectivity index (χ1n) is 7.72. The summed E-state index contributed by atoms with van der Waals surface area (Å²) in [6, 6.07) is 2.13. The SMILES string of the molecule is CCNC(C)(C)C(=O)N(CCC#N)CCN1CCOCC1. The Bertz CT molecular complexity index is 359. The Morgan fingerprint density at radius 1 is 1.38 bits per heavy atom. The van der Waals surface area contributed by atoms with Gasteiger partial charge in [0.25, 0.3) is 0 Å². The highest BCUT2D eigenvalue weighted by molar-refractivity contribution is 5.85. The monoisotopic (exact) mass is 296 g/mol. The molecule has 1 rings (SSSR count). The van der Waals surface area contributed by atoms with Gasteiger partial charge in [-0.25, -0.2) is 0 Å². The first-order valence-corrected chi connectivity index (χ1v) is 7.72. The summed E-state index contributed by atoms with van der Waals surface area (Å²) in [6.07, 6.45) is 0.372. The second-order valence-electron chi connectivity index (χ2n) is 5.81. The molecule has 120 valence electrons. The van der Waals surface area contributed by atoms with E-state index < -0.39 is 5.54 Å². The molecule has 0 aromatic rings. The van der Waals surface area contributed by atoms with Crippen LogP contribution in [0.5, 0.6) is 0 Å². The van der Waals surface area contributed by atoms with Crippen LogP contribution in [0.3, 0.4) is 0 Å². The minimum absolute atomic E-state index is 0.0628. The predicted octanol–water partition coefficient (Wildman–Crippen LogP) is 0.449.